The van der Waals surface area contributed by atoms with Crippen molar-refractivity contribution in [1.82, 2.24) is 0 Å². The van der Waals surface area contributed by atoms with Crippen molar-refractivity contribution in [3.8, 4) is 100 Å². The van der Waals surface area contributed by atoms with E-state index in [0.717, 1.165) is 0 Å². The molecule has 0 N–H and O–H groups in total. The molecule has 10 aromatic rings. The van der Waals surface area contributed by atoms with E-state index in [-0.39, 0.29) is 16.2 Å². The van der Waals surface area contributed by atoms with Crippen LogP contribution < -0.4 is 0 Å². The molecule has 0 fully saturated rings. The number of rotatable bonds is 6. The molecule has 13 rings (SSSR count). The fourth-order valence-corrected chi connectivity index (χ4v) is 12.5. The third kappa shape index (κ3) is 6.28. The predicted octanol–water partition coefficient (Wildman–Crippen LogP) is 18.6. The molecule has 0 nitrogen and oxygen atoms in total. The molecule has 10 aromatic carbocycles. The lowest BCUT2D eigenvalue weighted by Gasteiger charge is -2.24. The Morgan fingerprint density at radius 2 is 0.377 bits per heavy atom. The van der Waals surface area contributed by atoms with Gasteiger partial charge in [-0.25, -0.2) is 0 Å². The maximum Gasteiger partial charge on any atom is 0.0159 e. The predicted molar refractivity (Wildman–Crippen MR) is 292 cm³/mol. The van der Waals surface area contributed by atoms with Gasteiger partial charge in [0.1, 0.15) is 0 Å². The normalized spacial score (nSPS) is 14.9. The van der Waals surface area contributed by atoms with E-state index < -0.39 is 0 Å². The lowest BCUT2D eigenvalue weighted by atomic mass is 9.79. The van der Waals surface area contributed by atoms with Gasteiger partial charge in [0, 0.05) is 16.2 Å². The van der Waals surface area contributed by atoms with Crippen LogP contribution in [0.15, 0.2) is 218 Å². The minimum absolute atomic E-state index is 0.145. The maximum atomic E-state index is 2.48. The number of hydrogen-bond donors (Lipinski definition) is 0. The van der Waals surface area contributed by atoms with Gasteiger partial charge in [-0.3, -0.25) is 0 Å². The highest BCUT2D eigenvalue weighted by Gasteiger charge is 2.39. The second kappa shape index (κ2) is 15.1. The first-order valence-corrected chi connectivity index (χ1v) is 24.7. The molecule has 0 amide bonds. The first kappa shape index (κ1) is 41.4. The van der Waals surface area contributed by atoms with Crippen LogP contribution in [0.4, 0.5) is 0 Å². The van der Waals surface area contributed by atoms with Crippen molar-refractivity contribution in [2.24, 2.45) is 0 Å². The summed E-state index contributed by atoms with van der Waals surface area (Å²) in [5, 5.41) is 0. The molecule has 0 unspecified atom stereocenters. The van der Waals surface area contributed by atoms with E-state index in [1.807, 2.05) is 0 Å². The van der Waals surface area contributed by atoms with E-state index in [1.54, 1.807) is 0 Å². The zero-order chi connectivity index (χ0) is 46.8. The molecule has 0 atom stereocenters. The Kier molecular flexibility index (Phi) is 9.06. The zero-order valence-electron chi connectivity index (χ0n) is 40.3. The summed E-state index contributed by atoms with van der Waals surface area (Å²) in [7, 11) is 0. The third-order valence-electron chi connectivity index (χ3n) is 16.3. The highest BCUT2D eigenvalue weighted by atomic mass is 14.4. The van der Waals surface area contributed by atoms with Crippen molar-refractivity contribution >= 4 is 0 Å². The Balaban J connectivity index is 0.799. The second-order valence-corrected chi connectivity index (χ2v) is 21.3. The molecular weight excluding hydrogens is 829 g/mol. The Morgan fingerprint density at radius 3 is 0.638 bits per heavy atom. The summed E-state index contributed by atoms with van der Waals surface area (Å²) in [5.41, 5.74) is 31.1. The van der Waals surface area contributed by atoms with Crippen LogP contribution in [0.25, 0.3) is 100 Å². The van der Waals surface area contributed by atoms with Crippen molar-refractivity contribution in [2.75, 3.05) is 0 Å². The Labute approximate surface area is 407 Å². The van der Waals surface area contributed by atoms with Gasteiger partial charge in [0.15, 0.2) is 0 Å². The van der Waals surface area contributed by atoms with Gasteiger partial charge in [-0.1, -0.05) is 224 Å². The van der Waals surface area contributed by atoms with Gasteiger partial charge in [0.2, 0.25) is 0 Å². The van der Waals surface area contributed by atoms with Crippen LogP contribution in [0, 0.1) is 0 Å². The summed E-state index contributed by atoms with van der Waals surface area (Å²) in [6.45, 7) is 14.4. The van der Waals surface area contributed by atoms with E-state index in [4.69, 9.17) is 0 Å². The molecule has 0 saturated heterocycles. The molecule has 0 saturated carbocycles. The van der Waals surface area contributed by atoms with Gasteiger partial charge >= 0.3 is 0 Å². The van der Waals surface area contributed by atoms with E-state index in [2.05, 4.69) is 260 Å². The fraction of sp³-hybridized carbons (Fsp3) is 0.130. The highest BCUT2D eigenvalue weighted by Crippen LogP contribution is 2.55. The van der Waals surface area contributed by atoms with Gasteiger partial charge in [-0.2, -0.15) is 0 Å². The van der Waals surface area contributed by atoms with Crippen LogP contribution in [0.3, 0.4) is 0 Å². The van der Waals surface area contributed by atoms with Crippen molar-refractivity contribution in [2.45, 2.75) is 57.8 Å². The summed E-state index contributed by atoms with van der Waals surface area (Å²) in [4.78, 5) is 0. The lowest BCUT2D eigenvalue weighted by Crippen LogP contribution is -2.16. The van der Waals surface area contributed by atoms with Gasteiger partial charge in [0.25, 0.3) is 0 Å². The smallest absolute Gasteiger partial charge is 0.0159 e. The topological polar surface area (TPSA) is 0 Å². The summed E-state index contributed by atoms with van der Waals surface area (Å²) in [5.74, 6) is 0. The number of hydrogen-bond acceptors (Lipinski definition) is 0. The SMILES string of the molecule is CC1(C)c2cc(-c3ccc4c(c3)C(C)(C)c3cc(-c5ccccc5-c5ccccc5)ccc3-4)ccc2-c2ccc(-c3ccc4c(c3)C(C)(C)c3cc(-c5ccccc5-c5ccccc5)ccc3-4)cc21. The molecular formula is C69H54. The molecule has 0 aromatic heterocycles. The molecule has 330 valence electrons. The average molecular weight is 883 g/mol. The third-order valence-corrected chi connectivity index (χ3v) is 16.3. The van der Waals surface area contributed by atoms with Crippen LogP contribution in [-0.2, 0) is 16.2 Å². The average Bonchev–Trinajstić information content (AvgIpc) is 3.87. The Hall–Kier alpha value is -7.80. The lowest BCUT2D eigenvalue weighted by molar-refractivity contribution is 0.659. The number of benzene rings is 10. The molecule has 3 aliphatic rings. The summed E-state index contributed by atoms with van der Waals surface area (Å²) >= 11 is 0. The van der Waals surface area contributed by atoms with Crippen molar-refractivity contribution < 1.29 is 0 Å². The van der Waals surface area contributed by atoms with E-state index in [9.17, 15) is 0 Å². The monoisotopic (exact) mass is 882 g/mol. The molecule has 3 aliphatic carbocycles. The van der Waals surface area contributed by atoms with Crippen LogP contribution in [0.1, 0.15) is 74.9 Å². The largest absolute Gasteiger partial charge is 0.0622 e. The number of fused-ring (bicyclic) bond motifs is 9. The molecule has 0 heteroatoms. The van der Waals surface area contributed by atoms with Crippen molar-refractivity contribution in [1.29, 1.82) is 0 Å². The quantitative estimate of drug-likeness (QED) is 0.156. The second-order valence-electron chi connectivity index (χ2n) is 21.3. The van der Waals surface area contributed by atoms with Crippen LogP contribution in [-0.4, -0.2) is 0 Å². The summed E-state index contributed by atoms with van der Waals surface area (Å²) in [6.07, 6.45) is 0. The highest BCUT2D eigenvalue weighted by molar-refractivity contribution is 5.92. The molecule has 0 heterocycles. The molecule has 0 radical (unpaired) electrons. The van der Waals surface area contributed by atoms with Crippen molar-refractivity contribution in [3.05, 3.63) is 252 Å². The minimum atomic E-state index is -0.159. The Bertz CT molecular complexity index is 3480. The van der Waals surface area contributed by atoms with E-state index >= 15 is 0 Å². The molecule has 0 aliphatic heterocycles. The Morgan fingerprint density at radius 1 is 0.174 bits per heavy atom. The molecule has 0 bridgehead atoms. The van der Waals surface area contributed by atoms with Crippen LogP contribution in [0.2, 0.25) is 0 Å². The van der Waals surface area contributed by atoms with Crippen LogP contribution in [0.5, 0.6) is 0 Å². The van der Waals surface area contributed by atoms with Gasteiger partial charge in [-0.15, -0.1) is 0 Å². The minimum Gasteiger partial charge on any atom is -0.0622 e. The van der Waals surface area contributed by atoms with Gasteiger partial charge < -0.3 is 0 Å². The summed E-state index contributed by atoms with van der Waals surface area (Å²) < 4.78 is 0. The van der Waals surface area contributed by atoms with Crippen LogP contribution >= 0.6 is 0 Å². The molecule has 69 heavy (non-hydrogen) atoms. The van der Waals surface area contributed by atoms with E-state index in [1.165, 1.54) is 134 Å². The summed E-state index contributed by atoms with van der Waals surface area (Å²) in [6, 6.07) is 82.2. The maximum absolute atomic E-state index is 2.48. The fourth-order valence-electron chi connectivity index (χ4n) is 12.5. The van der Waals surface area contributed by atoms with E-state index in [0.29, 0.717) is 0 Å². The van der Waals surface area contributed by atoms with Gasteiger partial charge in [0.05, 0.1) is 0 Å². The van der Waals surface area contributed by atoms with Crippen molar-refractivity contribution in [3.63, 3.8) is 0 Å². The molecule has 0 spiro atoms. The first-order valence-electron chi connectivity index (χ1n) is 24.7. The zero-order valence-corrected chi connectivity index (χ0v) is 40.3. The standard InChI is InChI=1S/C69H54/c1-67(2)61-37-45(47-27-33-57-59-35-29-49(41-65(59)68(3,4)63(57)39-47)53-23-15-13-21-51(53)43-17-9-7-10-18-43)25-31-55(61)56-32-26-46(38-62(56)67)48-28-34-58-60-36-30-50(42-66(60)69(5,6)64(58)40-48)54-24-16-14-22-52(54)44-19-11-8-12-20-44/h7-42H,1-6H3. The van der Waals surface area contributed by atoms with Gasteiger partial charge in [-0.05, 0) is 170 Å². The first-order chi connectivity index (χ1) is 33.5.